The Kier molecular flexibility index (Phi) is 7.76. The van der Waals surface area contributed by atoms with Gasteiger partial charge in [-0.3, -0.25) is 4.79 Å². The van der Waals surface area contributed by atoms with Gasteiger partial charge >= 0.3 is 0 Å². The van der Waals surface area contributed by atoms with Gasteiger partial charge in [0.25, 0.3) is 0 Å². The van der Waals surface area contributed by atoms with Gasteiger partial charge in [0, 0.05) is 48.6 Å². The second-order valence-electron chi connectivity index (χ2n) is 9.06. The molecule has 1 amide bonds. The summed E-state index contributed by atoms with van der Waals surface area (Å²) in [6.45, 7) is 4.49. The Balaban J connectivity index is 1.51. The van der Waals surface area contributed by atoms with Crippen LogP contribution < -0.4 is 25.0 Å². The fraction of sp³-hybridized carbons (Fsp3) is 0.407. The van der Waals surface area contributed by atoms with Crippen LogP contribution in [0.4, 0.5) is 11.5 Å². The number of hydrogen-bond donors (Lipinski definition) is 2. The Bertz CT molecular complexity index is 1240. The summed E-state index contributed by atoms with van der Waals surface area (Å²) in [6, 6.07) is 11.4. The minimum atomic E-state index is 0.0208. The number of anilines is 2. The van der Waals surface area contributed by atoms with Gasteiger partial charge in [0.1, 0.15) is 11.6 Å². The Morgan fingerprint density at radius 3 is 2.65 bits per heavy atom. The van der Waals surface area contributed by atoms with Crippen molar-refractivity contribution >= 4 is 17.4 Å². The molecule has 3 aromatic rings. The highest BCUT2D eigenvalue weighted by atomic mass is 16.5. The number of rotatable bonds is 7. The van der Waals surface area contributed by atoms with Gasteiger partial charge in [-0.15, -0.1) is 0 Å². The lowest BCUT2D eigenvalue weighted by Crippen LogP contribution is -2.36. The molecule has 194 valence electrons. The number of carbonyl (C=O) groups excluding carboxylic acids is 1. The SMILES string of the molecule is COc1cc(OC)c(-c2cc(N3CCOCC3)nc(-c3cccc(NC(=O)C4CCNCC4)c3)n2)cn1. The molecule has 37 heavy (non-hydrogen) atoms. The Labute approximate surface area is 216 Å². The van der Waals surface area contributed by atoms with Crippen molar-refractivity contribution in [2.24, 2.45) is 5.92 Å². The molecule has 2 N–H and O–H groups in total. The van der Waals surface area contributed by atoms with Crippen molar-refractivity contribution in [1.82, 2.24) is 20.3 Å². The summed E-state index contributed by atoms with van der Waals surface area (Å²) in [5.41, 5.74) is 2.95. The molecule has 0 atom stereocenters. The number of benzene rings is 1. The van der Waals surface area contributed by atoms with Gasteiger partial charge in [0.15, 0.2) is 5.82 Å². The van der Waals surface area contributed by atoms with Crippen molar-refractivity contribution in [2.45, 2.75) is 12.8 Å². The maximum Gasteiger partial charge on any atom is 0.227 e. The van der Waals surface area contributed by atoms with Gasteiger partial charge in [0.2, 0.25) is 11.8 Å². The van der Waals surface area contributed by atoms with E-state index in [9.17, 15) is 4.79 Å². The second kappa shape index (κ2) is 11.5. The molecular weight excluding hydrogens is 472 g/mol. The number of nitrogens with one attached hydrogen (secondary N) is 2. The number of methoxy groups -OCH3 is 2. The van der Waals surface area contributed by atoms with E-state index in [1.54, 1.807) is 26.5 Å². The lowest BCUT2D eigenvalue weighted by atomic mass is 9.97. The summed E-state index contributed by atoms with van der Waals surface area (Å²) in [6.07, 6.45) is 3.39. The van der Waals surface area contributed by atoms with Crippen LogP contribution in [0.1, 0.15) is 12.8 Å². The van der Waals surface area contributed by atoms with Crippen LogP contribution >= 0.6 is 0 Å². The highest BCUT2D eigenvalue weighted by Gasteiger charge is 2.22. The van der Waals surface area contributed by atoms with E-state index >= 15 is 0 Å². The Morgan fingerprint density at radius 1 is 1.08 bits per heavy atom. The molecule has 0 spiro atoms. The predicted molar refractivity (Wildman–Crippen MR) is 141 cm³/mol. The summed E-state index contributed by atoms with van der Waals surface area (Å²) in [7, 11) is 3.18. The van der Waals surface area contributed by atoms with E-state index in [0.717, 1.165) is 61.7 Å². The minimum Gasteiger partial charge on any atom is -0.496 e. The van der Waals surface area contributed by atoms with Crippen molar-refractivity contribution in [3.63, 3.8) is 0 Å². The molecule has 0 radical (unpaired) electrons. The number of hydrogen-bond acceptors (Lipinski definition) is 9. The molecule has 0 aliphatic carbocycles. The third-order valence-electron chi connectivity index (χ3n) is 6.69. The summed E-state index contributed by atoms with van der Waals surface area (Å²) < 4.78 is 16.4. The van der Waals surface area contributed by atoms with Crippen LogP contribution in [-0.2, 0) is 9.53 Å². The Hall–Kier alpha value is -3.76. The normalized spacial score (nSPS) is 16.3. The monoisotopic (exact) mass is 504 g/mol. The van der Waals surface area contributed by atoms with Crippen molar-refractivity contribution in [1.29, 1.82) is 0 Å². The highest BCUT2D eigenvalue weighted by Crippen LogP contribution is 2.34. The first-order valence-electron chi connectivity index (χ1n) is 12.6. The average molecular weight is 505 g/mol. The van der Waals surface area contributed by atoms with Gasteiger partial charge in [0.05, 0.1) is 38.7 Å². The maximum absolute atomic E-state index is 12.8. The van der Waals surface area contributed by atoms with Crippen molar-refractivity contribution < 1.29 is 19.0 Å². The number of carbonyl (C=O) groups is 1. The molecule has 0 bridgehead atoms. The van der Waals surface area contributed by atoms with Crippen molar-refractivity contribution in [2.75, 3.05) is 63.8 Å². The van der Waals surface area contributed by atoms with Gasteiger partial charge in [-0.1, -0.05) is 12.1 Å². The quantitative estimate of drug-likeness (QED) is 0.502. The van der Waals surface area contributed by atoms with E-state index in [0.29, 0.717) is 36.4 Å². The number of nitrogens with zero attached hydrogens (tertiary/aromatic N) is 4. The van der Waals surface area contributed by atoms with Gasteiger partial charge in [-0.25, -0.2) is 15.0 Å². The topological polar surface area (TPSA) is 111 Å². The summed E-state index contributed by atoms with van der Waals surface area (Å²) >= 11 is 0. The van der Waals surface area contributed by atoms with Gasteiger partial charge < -0.3 is 29.7 Å². The molecule has 0 saturated carbocycles. The number of amides is 1. The van der Waals surface area contributed by atoms with E-state index in [4.69, 9.17) is 24.2 Å². The molecule has 2 aliphatic rings. The van der Waals surface area contributed by atoms with Crippen LogP contribution in [0, 0.1) is 5.92 Å². The van der Waals surface area contributed by atoms with Gasteiger partial charge in [-0.05, 0) is 38.1 Å². The zero-order valence-corrected chi connectivity index (χ0v) is 21.2. The zero-order chi connectivity index (χ0) is 25.6. The lowest BCUT2D eigenvalue weighted by Gasteiger charge is -2.28. The average Bonchev–Trinajstić information content (AvgIpc) is 2.97. The smallest absolute Gasteiger partial charge is 0.227 e. The largest absolute Gasteiger partial charge is 0.496 e. The number of morpholine rings is 1. The zero-order valence-electron chi connectivity index (χ0n) is 21.2. The number of piperidine rings is 1. The fourth-order valence-corrected chi connectivity index (χ4v) is 4.61. The molecule has 2 aromatic heterocycles. The van der Waals surface area contributed by atoms with Crippen LogP contribution in [0.3, 0.4) is 0 Å². The maximum atomic E-state index is 12.8. The first-order valence-corrected chi connectivity index (χ1v) is 12.6. The second-order valence-corrected chi connectivity index (χ2v) is 9.06. The molecule has 0 unspecified atom stereocenters. The Morgan fingerprint density at radius 2 is 1.89 bits per heavy atom. The van der Waals surface area contributed by atoms with E-state index < -0.39 is 0 Å². The summed E-state index contributed by atoms with van der Waals surface area (Å²) in [4.78, 5) is 29.2. The third kappa shape index (κ3) is 5.81. The first kappa shape index (κ1) is 24.9. The molecule has 5 rings (SSSR count). The summed E-state index contributed by atoms with van der Waals surface area (Å²) in [5.74, 6) is 2.48. The van der Waals surface area contributed by atoms with E-state index in [1.807, 2.05) is 30.3 Å². The van der Waals surface area contributed by atoms with E-state index in [1.165, 1.54) is 0 Å². The van der Waals surface area contributed by atoms with Crippen molar-refractivity contribution in [3.8, 4) is 34.3 Å². The lowest BCUT2D eigenvalue weighted by molar-refractivity contribution is -0.120. The van der Waals surface area contributed by atoms with Gasteiger partial charge in [-0.2, -0.15) is 0 Å². The molecule has 10 nitrogen and oxygen atoms in total. The van der Waals surface area contributed by atoms with Crippen LogP contribution in [0.2, 0.25) is 0 Å². The fourth-order valence-electron chi connectivity index (χ4n) is 4.61. The number of aromatic nitrogens is 3. The summed E-state index contributed by atoms with van der Waals surface area (Å²) in [5, 5.41) is 6.38. The first-order chi connectivity index (χ1) is 18.1. The highest BCUT2D eigenvalue weighted by molar-refractivity contribution is 5.93. The van der Waals surface area contributed by atoms with Crippen LogP contribution in [-0.4, -0.2) is 74.5 Å². The van der Waals surface area contributed by atoms with Crippen molar-refractivity contribution in [3.05, 3.63) is 42.6 Å². The van der Waals surface area contributed by atoms with Crippen LogP contribution in [0.5, 0.6) is 11.6 Å². The molecular formula is C27H32N6O4. The van der Waals surface area contributed by atoms with E-state index in [2.05, 4.69) is 20.5 Å². The molecule has 10 heteroatoms. The van der Waals surface area contributed by atoms with E-state index in [-0.39, 0.29) is 11.8 Å². The van der Waals surface area contributed by atoms with Crippen LogP contribution in [0.15, 0.2) is 42.6 Å². The molecule has 2 fully saturated rings. The third-order valence-corrected chi connectivity index (χ3v) is 6.69. The molecule has 2 aliphatic heterocycles. The van der Waals surface area contributed by atoms with Crippen LogP contribution in [0.25, 0.3) is 22.6 Å². The standard InChI is InChI=1S/C27H32N6O4/c1-35-23-16-25(36-2)29-17-21(23)22-15-24(33-10-12-37-13-11-33)32-26(31-22)19-4-3-5-20(14-19)30-27(34)18-6-8-28-9-7-18/h3-5,14-18,28H,6-13H2,1-2H3,(H,30,34). The minimum absolute atomic E-state index is 0.0208. The molecule has 2 saturated heterocycles. The predicted octanol–water partition coefficient (Wildman–Crippen LogP) is 3.00. The number of ether oxygens (including phenoxy) is 3. The molecule has 1 aromatic carbocycles. The molecule has 4 heterocycles. The number of pyridine rings is 1.